The summed E-state index contributed by atoms with van der Waals surface area (Å²) < 4.78 is 7.84. The molecule has 4 nitrogen and oxygen atoms in total. The minimum Gasteiger partial charge on any atom is -0.491 e. The van der Waals surface area contributed by atoms with Crippen LogP contribution < -0.4 is 4.74 Å². The summed E-state index contributed by atoms with van der Waals surface area (Å²) in [4.78, 5) is 2.38. The molecule has 1 heterocycles. The molecule has 24 heavy (non-hydrogen) atoms. The van der Waals surface area contributed by atoms with E-state index in [2.05, 4.69) is 47.7 Å². The van der Waals surface area contributed by atoms with Crippen molar-refractivity contribution in [2.75, 3.05) is 13.6 Å². The number of aryl methyl sites for hydroxylation is 1. The maximum atomic E-state index is 5.75. The van der Waals surface area contributed by atoms with E-state index in [-0.39, 0.29) is 6.10 Å². The molecule has 2 aromatic rings. The van der Waals surface area contributed by atoms with Crippen molar-refractivity contribution in [2.24, 2.45) is 0 Å². The van der Waals surface area contributed by atoms with E-state index < -0.39 is 0 Å². The monoisotopic (exact) mass is 329 g/mol. The van der Waals surface area contributed by atoms with Crippen LogP contribution in [0.3, 0.4) is 0 Å². The van der Waals surface area contributed by atoms with E-state index in [1.165, 1.54) is 29.7 Å². The van der Waals surface area contributed by atoms with E-state index in [1.807, 2.05) is 32.2 Å². The van der Waals surface area contributed by atoms with Crippen molar-refractivity contribution < 1.29 is 4.74 Å². The van der Waals surface area contributed by atoms with Gasteiger partial charge in [0.1, 0.15) is 5.75 Å². The first-order valence-electron chi connectivity index (χ1n) is 9.05. The van der Waals surface area contributed by atoms with Gasteiger partial charge >= 0.3 is 0 Å². The fourth-order valence-corrected chi connectivity index (χ4v) is 2.88. The number of hydrogen-bond donors (Lipinski definition) is 0. The largest absolute Gasteiger partial charge is 0.491 e. The smallest absolute Gasteiger partial charge is 0.119 e. The Morgan fingerprint density at radius 1 is 1.17 bits per heavy atom. The van der Waals surface area contributed by atoms with Crippen molar-refractivity contribution >= 4 is 0 Å². The van der Waals surface area contributed by atoms with E-state index in [0.717, 1.165) is 25.4 Å². The summed E-state index contributed by atoms with van der Waals surface area (Å²) in [5.74, 6) is 0.915. The van der Waals surface area contributed by atoms with Crippen LogP contribution in [0, 0.1) is 0 Å². The Kier molecular flexibility index (Phi) is 6.85. The third-order valence-corrected chi connectivity index (χ3v) is 4.05. The average Bonchev–Trinajstić information content (AvgIpc) is 2.95. The molecule has 0 fully saturated rings. The lowest BCUT2D eigenvalue weighted by atomic mass is 10.1. The molecule has 0 radical (unpaired) electrons. The van der Waals surface area contributed by atoms with Gasteiger partial charge in [-0.25, -0.2) is 0 Å². The molecular weight excluding hydrogens is 298 g/mol. The second kappa shape index (κ2) is 8.88. The lowest BCUT2D eigenvalue weighted by molar-refractivity contribution is 0.242. The molecular formula is C20H31N3O. The Morgan fingerprint density at radius 2 is 1.88 bits per heavy atom. The normalized spacial score (nSPS) is 11.5. The predicted molar refractivity (Wildman–Crippen MR) is 100 cm³/mol. The van der Waals surface area contributed by atoms with Crippen LogP contribution in [0.2, 0.25) is 0 Å². The van der Waals surface area contributed by atoms with Gasteiger partial charge in [0.25, 0.3) is 0 Å². The van der Waals surface area contributed by atoms with E-state index in [1.54, 1.807) is 0 Å². The highest BCUT2D eigenvalue weighted by molar-refractivity contribution is 5.64. The van der Waals surface area contributed by atoms with Crippen LogP contribution in [0.15, 0.2) is 30.5 Å². The molecule has 0 saturated heterocycles. The standard InChI is InChI=1S/C20H31N3O/c1-6-8-13-22(5)15-18-14-21-23(7-2)20(18)17-9-11-19(12-10-17)24-16(3)4/h9-12,14,16H,6-8,13,15H2,1-5H3. The van der Waals surface area contributed by atoms with Crippen LogP contribution in [-0.4, -0.2) is 34.4 Å². The first-order chi connectivity index (χ1) is 11.5. The molecule has 1 aromatic carbocycles. The molecule has 0 bridgehead atoms. The zero-order chi connectivity index (χ0) is 17.5. The molecule has 0 aliphatic carbocycles. The quantitative estimate of drug-likeness (QED) is 0.674. The van der Waals surface area contributed by atoms with Gasteiger partial charge in [0, 0.05) is 24.2 Å². The van der Waals surface area contributed by atoms with Gasteiger partial charge in [0.15, 0.2) is 0 Å². The molecule has 1 aromatic heterocycles. The van der Waals surface area contributed by atoms with Gasteiger partial charge in [-0.05, 0) is 65.0 Å². The Morgan fingerprint density at radius 3 is 2.46 bits per heavy atom. The summed E-state index contributed by atoms with van der Waals surface area (Å²) in [5.41, 5.74) is 3.70. The average molecular weight is 329 g/mol. The molecule has 4 heteroatoms. The van der Waals surface area contributed by atoms with E-state index in [0.29, 0.717) is 0 Å². The summed E-state index contributed by atoms with van der Waals surface area (Å²) in [6.45, 7) is 11.4. The van der Waals surface area contributed by atoms with Gasteiger partial charge in [-0.15, -0.1) is 0 Å². The molecule has 0 atom stereocenters. The molecule has 132 valence electrons. The van der Waals surface area contributed by atoms with Crippen LogP contribution in [0.1, 0.15) is 46.1 Å². The molecule has 0 unspecified atom stereocenters. The molecule has 0 amide bonds. The van der Waals surface area contributed by atoms with Crippen molar-refractivity contribution in [3.63, 3.8) is 0 Å². The number of ether oxygens (including phenoxy) is 1. The van der Waals surface area contributed by atoms with Crippen LogP contribution in [0.4, 0.5) is 0 Å². The lowest BCUT2D eigenvalue weighted by Crippen LogP contribution is -2.19. The van der Waals surface area contributed by atoms with Crippen LogP contribution in [0.25, 0.3) is 11.3 Å². The van der Waals surface area contributed by atoms with Crippen molar-refractivity contribution in [1.82, 2.24) is 14.7 Å². The van der Waals surface area contributed by atoms with Gasteiger partial charge < -0.3 is 9.64 Å². The number of unbranched alkanes of at least 4 members (excludes halogenated alkanes) is 1. The lowest BCUT2D eigenvalue weighted by Gasteiger charge is -2.17. The first-order valence-corrected chi connectivity index (χ1v) is 9.05. The maximum absolute atomic E-state index is 5.75. The van der Waals surface area contributed by atoms with Gasteiger partial charge in [0.05, 0.1) is 18.0 Å². The molecule has 0 aliphatic rings. The number of nitrogens with zero attached hydrogens (tertiary/aromatic N) is 3. The van der Waals surface area contributed by atoms with Crippen molar-refractivity contribution in [3.05, 3.63) is 36.0 Å². The molecule has 0 spiro atoms. The van der Waals surface area contributed by atoms with Gasteiger partial charge in [0.2, 0.25) is 0 Å². The summed E-state index contributed by atoms with van der Waals surface area (Å²) >= 11 is 0. The third kappa shape index (κ3) is 4.84. The number of benzene rings is 1. The highest BCUT2D eigenvalue weighted by atomic mass is 16.5. The predicted octanol–water partition coefficient (Wildman–Crippen LogP) is 4.59. The summed E-state index contributed by atoms with van der Waals surface area (Å²) in [7, 11) is 2.18. The molecule has 0 aliphatic heterocycles. The zero-order valence-electron chi connectivity index (χ0n) is 15.7. The fraction of sp³-hybridized carbons (Fsp3) is 0.550. The Hall–Kier alpha value is -1.81. The van der Waals surface area contributed by atoms with E-state index in [4.69, 9.17) is 4.74 Å². The summed E-state index contributed by atoms with van der Waals surface area (Å²) in [5, 5.41) is 4.57. The van der Waals surface area contributed by atoms with Crippen molar-refractivity contribution in [3.8, 4) is 17.0 Å². The fourth-order valence-electron chi connectivity index (χ4n) is 2.88. The highest BCUT2D eigenvalue weighted by Gasteiger charge is 2.14. The second-order valence-electron chi connectivity index (χ2n) is 6.62. The number of hydrogen-bond acceptors (Lipinski definition) is 3. The molecule has 0 saturated carbocycles. The maximum Gasteiger partial charge on any atom is 0.119 e. The van der Waals surface area contributed by atoms with Crippen molar-refractivity contribution in [2.45, 2.75) is 59.7 Å². The van der Waals surface area contributed by atoms with Crippen LogP contribution >= 0.6 is 0 Å². The second-order valence-corrected chi connectivity index (χ2v) is 6.62. The van der Waals surface area contributed by atoms with Crippen molar-refractivity contribution in [1.29, 1.82) is 0 Å². The highest BCUT2D eigenvalue weighted by Crippen LogP contribution is 2.27. The van der Waals surface area contributed by atoms with E-state index in [9.17, 15) is 0 Å². The van der Waals surface area contributed by atoms with Crippen LogP contribution in [-0.2, 0) is 13.1 Å². The van der Waals surface area contributed by atoms with Gasteiger partial charge in [-0.2, -0.15) is 5.10 Å². The Labute approximate surface area is 146 Å². The molecule has 0 N–H and O–H groups in total. The minimum atomic E-state index is 0.194. The summed E-state index contributed by atoms with van der Waals surface area (Å²) in [6, 6.07) is 8.37. The molecule has 2 rings (SSSR count). The first kappa shape index (κ1) is 18.5. The topological polar surface area (TPSA) is 30.3 Å². The van der Waals surface area contributed by atoms with Crippen LogP contribution in [0.5, 0.6) is 5.75 Å². The van der Waals surface area contributed by atoms with E-state index >= 15 is 0 Å². The Bertz CT molecular complexity index is 616. The van der Waals surface area contributed by atoms with Gasteiger partial charge in [-0.1, -0.05) is 13.3 Å². The SMILES string of the molecule is CCCCN(C)Cc1cnn(CC)c1-c1ccc(OC(C)C)cc1. The zero-order valence-corrected chi connectivity index (χ0v) is 15.7. The van der Waals surface area contributed by atoms with Gasteiger partial charge in [-0.3, -0.25) is 4.68 Å². The Balaban J connectivity index is 2.23. The third-order valence-electron chi connectivity index (χ3n) is 4.05. The number of aromatic nitrogens is 2. The minimum absolute atomic E-state index is 0.194. The number of rotatable bonds is 9. The summed E-state index contributed by atoms with van der Waals surface area (Å²) in [6.07, 6.45) is 4.66.